The number of benzene rings is 1. The Hall–Kier alpha value is -0.0800. The van der Waals surface area contributed by atoms with Gasteiger partial charge in [0.2, 0.25) is 0 Å². The van der Waals surface area contributed by atoms with Gasteiger partial charge in [0, 0.05) is 8.90 Å². The first kappa shape index (κ1) is 12.0. The Kier molecular flexibility index (Phi) is 5.49. The predicted octanol–water partition coefficient (Wildman–Crippen LogP) is 4.07. The molecule has 1 unspecified atom stereocenters. The van der Waals surface area contributed by atoms with Crippen molar-refractivity contribution in [2.75, 3.05) is 5.33 Å². The Labute approximate surface area is 107 Å². The van der Waals surface area contributed by atoms with Crippen molar-refractivity contribution in [2.45, 2.75) is 18.8 Å². The van der Waals surface area contributed by atoms with Crippen LogP contribution in [0.25, 0.3) is 0 Å². The van der Waals surface area contributed by atoms with Gasteiger partial charge < -0.3 is 0 Å². The highest BCUT2D eigenvalue weighted by Crippen LogP contribution is 2.25. The fraction of sp³-hybridized carbons (Fsp3) is 0.364. The monoisotopic (exact) mass is 363 g/mol. The van der Waals surface area contributed by atoms with E-state index in [4.69, 9.17) is 5.26 Å². The minimum absolute atomic E-state index is 0.0423. The summed E-state index contributed by atoms with van der Waals surface area (Å²) in [6.07, 6.45) is 1.98. The summed E-state index contributed by atoms with van der Waals surface area (Å²) in [7, 11) is 0. The fourth-order valence-electron chi connectivity index (χ4n) is 1.33. The van der Waals surface area contributed by atoms with Crippen LogP contribution in [0, 0.1) is 14.9 Å². The van der Waals surface area contributed by atoms with Crippen molar-refractivity contribution in [3.05, 3.63) is 33.4 Å². The lowest BCUT2D eigenvalue weighted by atomic mass is 9.96. The second kappa shape index (κ2) is 6.41. The van der Waals surface area contributed by atoms with Crippen LogP contribution >= 0.6 is 38.5 Å². The van der Waals surface area contributed by atoms with Crippen molar-refractivity contribution < 1.29 is 0 Å². The summed E-state index contributed by atoms with van der Waals surface area (Å²) >= 11 is 5.67. The molecule has 74 valence electrons. The molecule has 0 bridgehead atoms. The molecule has 1 rings (SSSR count). The van der Waals surface area contributed by atoms with Gasteiger partial charge in [-0.1, -0.05) is 34.1 Å². The van der Waals surface area contributed by atoms with Crippen molar-refractivity contribution in [2.24, 2.45) is 0 Å². The molecule has 1 aromatic rings. The third-order valence-corrected chi connectivity index (χ3v) is 3.61. The molecule has 1 nitrogen and oxygen atoms in total. The third-order valence-electron chi connectivity index (χ3n) is 2.06. The molecule has 3 heteroatoms. The molecule has 0 N–H and O–H groups in total. The van der Waals surface area contributed by atoms with Gasteiger partial charge >= 0.3 is 0 Å². The molecule has 0 radical (unpaired) electrons. The van der Waals surface area contributed by atoms with Gasteiger partial charge in [0.15, 0.2) is 0 Å². The number of rotatable bonds is 4. The quantitative estimate of drug-likeness (QED) is 0.584. The Balaban J connectivity index is 2.80. The first-order valence-corrected chi connectivity index (χ1v) is 6.69. The van der Waals surface area contributed by atoms with Gasteiger partial charge in [-0.25, -0.2) is 0 Å². The lowest BCUT2D eigenvalue weighted by Gasteiger charge is -2.09. The normalized spacial score (nSPS) is 12.1. The van der Waals surface area contributed by atoms with Crippen molar-refractivity contribution in [1.82, 2.24) is 0 Å². The van der Waals surface area contributed by atoms with Crippen LogP contribution in [0.2, 0.25) is 0 Å². The first-order chi connectivity index (χ1) is 6.79. The molecule has 0 aliphatic heterocycles. The number of hydrogen-bond acceptors (Lipinski definition) is 1. The summed E-state index contributed by atoms with van der Waals surface area (Å²) in [6, 6.07) is 10.5. The van der Waals surface area contributed by atoms with Crippen LogP contribution in [0.4, 0.5) is 0 Å². The molecule has 0 fully saturated rings. The van der Waals surface area contributed by atoms with Gasteiger partial charge in [-0.2, -0.15) is 5.26 Å². The topological polar surface area (TPSA) is 23.8 Å². The van der Waals surface area contributed by atoms with E-state index in [1.54, 1.807) is 0 Å². The summed E-state index contributed by atoms with van der Waals surface area (Å²) in [6.45, 7) is 0. The number of nitrogens with zero attached hydrogens (tertiary/aromatic N) is 1. The van der Waals surface area contributed by atoms with E-state index in [2.05, 4.69) is 44.6 Å². The molecule has 0 aliphatic carbocycles. The van der Waals surface area contributed by atoms with Crippen molar-refractivity contribution in [1.29, 1.82) is 5.26 Å². The number of halogens is 2. The SMILES string of the molecule is N#CC(CCCBr)c1ccccc1I. The molecular weight excluding hydrogens is 353 g/mol. The molecule has 14 heavy (non-hydrogen) atoms. The summed E-state index contributed by atoms with van der Waals surface area (Å²) in [5.41, 5.74) is 1.16. The van der Waals surface area contributed by atoms with Gasteiger partial charge in [-0.05, 0) is 47.1 Å². The van der Waals surface area contributed by atoms with Gasteiger partial charge in [-0.3, -0.25) is 0 Å². The average molecular weight is 364 g/mol. The van der Waals surface area contributed by atoms with E-state index in [9.17, 15) is 0 Å². The Morgan fingerprint density at radius 3 is 2.71 bits per heavy atom. The zero-order valence-corrected chi connectivity index (χ0v) is 11.5. The van der Waals surface area contributed by atoms with E-state index in [0.717, 1.165) is 23.7 Å². The summed E-state index contributed by atoms with van der Waals surface area (Å²) < 4.78 is 1.19. The molecule has 1 atom stereocenters. The van der Waals surface area contributed by atoms with Crippen molar-refractivity contribution in [3.63, 3.8) is 0 Å². The molecule has 0 heterocycles. The minimum atomic E-state index is 0.0423. The van der Waals surface area contributed by atoms with Crippen LogP contribution < -0.4 is 0 Å². The zero-order chi connectivity index (χ0) is 10.4. The zero-order valence-electron chi connectivity index (χ0n) is 7.71. The van der Waals surface area contributed by atoms with Gasteiger partial charge in [0.05, 0.1) is 12.0 Å². The predicted molar refractivity (Wildman–Crippen MR) is 70.5 cm³/mol. The van der Waals surface area contributed by atoms with E-state index in [0.29, 0.717) is 0 Å². The second-order valence-electron chi connectivity index (χ2n) is 3.03. The van der Waals surface area contributed by atoms with E-state index in [-0.39, 0.29) is 5.92 Å². The van der Waals surface area contributed by atoms with Crippen LogP contribution in [0.3, 0.4) is 0 Å². The molecule has 0 aliphatic rings. The maximum absolute atomic E-state index is 9.06. The maximum Gasteiger partial charge on any atom is 0.0723 e. The smallest absolute Gasteiger partial charge is 0.0723 e. The maximum atomic E-state index is 9.06. The Morgan fingerprint density at radius 2 is 2.14 bits per heavy atom. The van der Waals surface area contributed by atoms with Crippen LogP contribution in [0.1, 0.15) is 24.3 Å². The lowest BCUT2D eigenvalue weighted by molar-refractivity contribution is 0.732. The highest BCUT2D eigenvalue weighted by atomic mass is 127. The minimum Gasteiger partial charge on any atom is -0.198 e. The van der Waals surface area contributed by atoms with Crippen LogP contribution in [-0.4, -0.2) is 5.33 Å². The Bertz CT molecular complexity index is 332. The van der Waals surface area contributed by atoms with Gasteiger partial charge in [0.25, 0.3) is 0 Å². The van der Waals surface area contributed by atoms with Gasteiger partial charge in [-0.15, -0.1) is 0 Å². The molecule has 0 spiro atoms. The summed E-state index contributed by atoms with van der Waals surface area (Å²) in [4.78, 5) is 0. The van der Waals surface area contributed by atoms with E-state index in [1.807, 2.05) is 24.3 Å². The van der Waals surface area contributed by atoms with Crippen LogP contribution in [0.15, 0.2) is 24.3 Å². The molecule has 0 aromatic heterocycles. The van der Waals surface area contributed by atoms with Crippen molar-refractivity contribution in [3.8, 4) is 6.07 Å². The average Bonchev–Trinajstić information content (AvgIpc) is 2.21. The summed E-state index contributed by atoms with van der Waals surface area (Å²) in [5.74, 6) is 0.0423. The number of alkyl halides is 1. The standard InChI is InChI=1S/C11H11BrIN/c12-7-3-4-9(8-14)10-5-1-2-6-11(10)13/h1-2,5-6,9H,3-4,7H2. The second-order valence-corrected chi connectivity index (χ2v) is 4.99. The van der Waals surface area contributed by atoms with Crippen LogP contribution in [0.5, 0.6) is 0 Å². The van der Waals surface area contributed by atoms with Crippen molar-refractivity contribution >= 4 is 38.5 Å². The van der Waals surface area contributed by atoms with E-state index in [1.165, 1.54) is 3.57 Å². The molecule has 0 saturated carbocycles. The Morgan fingerprint density at radius 1 is 1.43 bits per heavy atom. The fourth-order valence-corrected chi connectivity index (χ4v) is 2.42. The highest BCUT2D eigenvalue weighted by molar-refractivity contribution is 14.1. The van der Waals surface area contributed by atoms with Gasteiger partial charge in [0.1, 0.15) is 0 Å². The molecule has 0 saturated heterocycles. The summed E-state index contributed by atoms with van der Waals surface area (Å²) in [5, 5.41) is 10.0. The largest absolute Gasteiger partial charge is 0.198 e. The first-order valence-electron chi connectivity index (χ1n) is 4.49. The molecule has 0 amide bonds. The lowest BCUT2D eigenvalue weighted by Crippen LogP contribution is -1.98. The van der Waals surface area contributed by atoms with E-state index >= 15 is 0 Å². The molecular formula is C11H11BrIN. The third kappa shape index (κ3) is 3.25. The van der Waals surface area contributed by atoms with Crippen LogP contribution in [-0.2, 0) is 0 Å². The highest BCUT2D eigenvalue weighted by Gasteiger charge is 2.12. The number of hydrogen-bond donors (Lipinski definition) is 0. The molecule has 1 aromatic carbocycles. The van der Waals surface area contributed by atoms with E-state index < -0.39 is 0 Å². The number of nitriles is 1.